The van der Waals surface area contributed by atoms with E-state index in [4.69, 9.17) is 4.98 Å². The Balaban J connectivity index is 1.57. The minimum Gasteiger partial charge on any atom is -0.357 e. The third-order valence-corrected chi connectivity index (χ3v) is 5.02. The first-order chi connectivity index (χ1) is 11.3. The molecule has 3 aromatic rings. The van der Waals surface area contributed by atoms with Crippen LogP contribution in [0, 0.1) is 0 Å². The maximum Gasteiger partial charge on any atom is 0.270 e. The molecule has 4 rings (SSSR count). The van der Waals surface area contributed by atoms with E-state index in [0.717, 1.165) is 47.8 Å². The first-order valence-electron chi connectivity index (χ1n) is 7.80. The lowest BCUT2D eigenvalue weighted by Crippen LogP contribution is -2.27. The Morgan fingerprint density at radius 2 is 1.91 bits per heavy atom. The molecule has 3 heterocycles. The molecule has 1 amide bonds. The lowest BCUT2D eigenvalue weighted by Gasteiger charge is -2.13. The van der Waals surface area contributed by atoms with Gasteiger partial charge in [-0.3, -0.25) is 4.79 Å². The van der Waals surface area contributed by atoms with E-state index >= 15 is 0 Å². The lowest BCUT2D eigenvalue weighted by molar-refractivity contribution is 0.0788. The zero-order chi connectivity index (χ0) is 15.6. The molecule has 0 saturated carbocycles. The van der Waals surface area contributed by atoms with Gasteiger partial charge >= 0.3 is 0 Å². The molecule has 0 aliphatic carbocycles. The van der Waals surface area contributed by atoms with Crippen LogP contribution in [-0.2, 0) is 0 Å². The van der Waals surface area contributed by atoms with E-state index in [-0.39, 0.29) is 5.91 Å². The number of thiazole rings is 1. The van der Waals surface area contributed by atoms with Crippen molar-refractivity contribution in [3.05, 3.63) is 53.7 Å². The van der Waals surface area contributed by atoms with Crippen molar-refractivity contribution in [3.63, 3.8) is 0 Å². The predicted molar refractivity (Wildman–Crippen MR) is 92.5 cm³/mol. The molecule has 0 atom stereocenters. The van der Waals surface area contributed by atoms with Gasteiger partial charge in [-0.1, -0.05) is 30.3 Å². The highest BCUT2D eigenvalue weighted by atomic mass is 32.1. The largest absolute Gasteiger partial charge is 0.357 e. The van der Waals surface area contributed by atoms with Gasteiger partial charge in [0.1, 0.15) is 10.7 Å². The van der Waals surface area contributed by atoms with Gasteiger partial charge in [-0.25, -0.2) is 4.98 Å². The van der Waals surface area contributed by atoms with Crippen molar-refractivity contribution in [2.75, 3.05) is 13.1 Å². The molecule has 0 unspecified atom stereocenters. The summed E-state index contributed by atoms with van der Waals surface area (Å²) in [6, 6.07) is 12.0. The van der Waals surface area contributed by atoms with Crippen molar-refractivity contribution < 1.29 is 4.79 Å². The van der Waals surface area contributed by atoms with Gasteiger partial charge in [0.15, 0.2) is 0 Å². The standard InChI is InChI=1S/C18H17N3OS/c22-18(21-8-4-5-9-21)15-10-14(11-19-15)16-12-23-17(20-16)13-6-2-1-3-7-13/h1-3,6-7,10-12,19H,4-5,8-9H2. The summed E-state index contributed by atoms with van der Waals surface area (Å²) in [6.45, 7) is 1.73. The predicted octanol–water partition coefficient (Wildman–Crippen LogP) is 4.04. The number of benzene rings is 1. The fourth-order valence-corrected chi connectivity index (χ4v) is 3.71. The molecule has 0 bridgehead atoms. The molecule has 1 N–H and O–H groups in total. The quantitative estimate of drug-likeness (QED) is 0.791. The zero-order valence-corrected chi connectivity index (χ0v) is 13.5. The maximum atomic E-state index is 12.4. The third-order valence-electron chi connectivity index (χ3n) is 4.13. The van der Waals surface area contributed by atoms with Crippen LogP contribution in [0.2, 0.25) is 0 Å². The monoisotopic (exact) mass is 323 g/mol. The fraction of sp³-hybridized carbons (Fsp3) is 0.222. The second-order valence-corrected chi connectivity index (χ2v) is 6.56. The van der Waals surface area contributed by atoms with Crippen molar-refractivity contribution in [2.45, 2.75) is 12.8 Å². The summed E-state index contributed by atoms with van der Waals surface area (Å²) >= 11 is 1.62. The van der Waals surface area contributed by atoms with Gasteiger partial charge in [0.2, 0.25) is 0 Å². The lowest BCUT2D eigenvalue weighted by atomic mass is 10.2. The van der Waals surface area contributed by atoms with Crippen molar-refractivity contribution in [1.82, 2.24) is 14.9 Å². The van der Waals surface area contributed by atoms with Crippen LogP contribution < -0.4 is 0 Å². The molecule has 1 fully saturated rings. The number of nitrogens with one attached hydrogen (secondary N) is 1. The van der Waals surface area contributed by atoms with Crippen molar-refractivity contribution >= 4 is 17.2 Å². The Morgan fingerprint density at radius 3 is 2.70 bits per heavy atom. The molecular weight excluding hydrogens is 306 g/mol. The molecule has 23 heavy (non-hydrogen) atoms. The highest BCUT2D eigenvalue weighted by molar-refractivity contribution is 7.13. The van der Waals surface area contributed by atoms with Gasteiger partial charge in [0.25, 0.3) is 5.91 Å². The Hall–Kier alpha value is -2.40. The average Bonchev–Trinajstić information content (AvgIpc) is 3.35. The number of rotatable bonds is 3. The van der Waals surface area contributed by atoms with Crippen LogP contribution in [0.5, 0.6) is 0 Å². The van der Waals surface area contributed by atoms with Crippen molar-refractivity contribution in [2.24, 2.45) is 0 Å². The molecule has 5 heteroatoms. The van der Waals surface area contributed by atoms with Gasteiger partial charge in [-0.2, -0.15) is 0 Å². The summed E-state index contributed by atoms with van der Waals surface area (Å²) in [5, 5.41) is 3.03. The molecule has 0 radical (unpaired) electrons. The topological polar surface area (TPSA) is 49.0 Å². The number of hydrogen-bond donors (Lipinski definition) is 1. The van der Waals surface area contributed by atoms with Gasteiger partial charge in [0, 0.05) is 35.8 Å². The smallest absolute Gasteiger partial charge is 0.270 e. The van der Waals surface area contributed by atoms with E-state index in [2.05, 4.69) is 17.1 Å². The number of hydrogen-bond acceptors (Lipinski definition) is 3. The summed E-state index contributed by atoms with van der Waals surface area (Å²) in [7, 11) is 0. The number of H-pyrrole nitrogens is 1. The Kier molecular flexibility index (Phi) is 3.71. The summed E-state index contributed by atoms with van der Waals surface area (Å²) in [4.78, 5) is 22.1. The van der Waals surface area contributed by atoms with Crippen LogP contribution in [0.1, 0.15) is 23.3 Å². The highest BCUT2D eigenvalue weighted by Gasteiger charge is 2.21. The van der Waals surface area contributed by atoms with Crippen molar-refractivity contribution in [1.29, 1.82) is 0 Å². The van der Waals surface area contributed by atoms with Crippen LogP contribution in [0.4, 0.5) is 0 Å². The van der Waals surface area contributed by atoms with Crippen LogP contribution >= 0.6 is 11.3 Å². The average molecular weight is 323 g/mol. The summed E-state index contributed by atoms with van der Waals surface area (Å²) in [6.07, 6.45) is 4.07. The molecule has 2 aromatic heterocycles. The molecule has 4 nitrogen and oxygen atoms in total. The number of amides is 1. The second kappa shape index (κ2) is 6.01. The van der Waals surface area contributed by atoms with Crippen molar-refractivity contribution in [3.8, 4) is 21.8 Å². The number of aromatic amines is 1. The zero-order valence-electron chi connectivity index (χ0n) is 12.7. The minimum atomic E-state index is 0.0901. The van der Waals surface area contributed by atoms with Crippen LogP contribution in [0.25, 0.3) is 21.8 Å². The van der Waals surface area contributed by atoms with E-state index in [1.807, 2.05) is 40.7 Å². The summed E-state index contributed by atoms with van der Waals surface area (Å²) in [5.74, 6) is 0.0901. The second-order valence-electron chi connectivity index (χ2n) is 5.71. The van der Waals surface area contributed by atoms with E-state index in [1.54, 1.807) is 11.3 Å². The molecular formula is C18H17N3OS. The Bertz CT molecular complexity index is 816. The van der Waals surface area contributed by atoms with E-state index in [1.165, 1.54) is 0 Å². The van der Waals surface area contributed by atoms with Gasteiger partial charge in [-0.05, 0) is 18.9 Å². The number of carbonyl (C=O) groups excluding carboxylic acids is 1. The maximum absolute atomic E-state index is 12.4. The SMILES string of the molecule is O=C(c1cc(-c2csc(-c3ccccc3)n2)c[nH]1)N1CCCC1. The molecule has 1 aliphatic rings. The number of aromatic nitrogens is 2. The highest BCUT2D eigenvalue weighted by Crippen LogP contribution is 2.29. The Morgan fingerprint density at radius 1 is 1.13 bits per heavy atom. The van der Waals surface area contributed by atoms with E-state index in [9.17, 15) is 4.79 Å². The van der Waals surface area contributed by atoms with Crippen LogP contribution in [-0.4, -0.2) is 33.9 Å². The number of nitrogens with zero attached hydrogens (tertiary/aromatic N) is 2. The third kappa shape index (κ3) is 2.80. The van der Waals surface area contributed by atoms with E-state index < -0.39 is 0 Å². The fourth-order valence-electron chi connectivity index (χ4n) is 2.88. The van der Waals surface area contributed by atoms with Gasteiger partial charge in [0.05, 0.1) is 5.69 Å². The molecule has 116 valence electrons. The first-order valence-corrected chi connectivity index (χ1v) is 8.68. The van der Waals surface area contributed by atoms with Crippen LogP contribution in [0.15, 0.2) is 48.0 Å². The summed E-state index contributed by atoms with van der Waals surface area (Å²) in [5.41, 5.74) is 3.64. The number of carbonyl (C=O) groups is 1. The first kappa shape index (κ1) is 14.2. The van der Waals surface area contributed by atoms with Gasteiger partial charge in [-0.15, -0.1) is 11.3 Å². The van der Waals surface area contributed by atoms with Gasteiger partial charge < -0.3 is 9.88 Å². The molecule has 1 saturated heterocycles. The molecule has 1 aliphatic heterocycles. The molecule has 0 spiro atoms. The molecule has 1 aromatic carbocycles. The Labute approximate surface area is 138 Å². The summed E-state index contributed by atoms with van der Waals surface area (Å²) < 4.78 is 0. The van der Waals surface area contributed by atoms with Crippen LogP contribution in [0.3, 0.4) is 0 Å². The normalized spacial score (nSPS) is 14.3. The number of likely N-dealkylation sites (tertiary alicyclic amines) is 1. The minimum absolute atomic E-state index is 0.0901. The van der Waals surface area contributed by atoms with E-state index in [0.29, 0.717) is 5.69 Å².